The highest BCUT2D eigenvalue weighted by molar-refractivity contribution is 7.86. The number of nitrogen functional groups attached to an aromatic ring is 1. The number of nitrogens with two attached hydrogens (primary N) is 1. The molecule has 4 aromatic carbocycles. The zero-order valence-electron chi connectivity index (χ0n) is 18.0. The molecular formula is C20H15N3O11S3. The van der Waals surface area contributed by atoms with Crippen LogP contribution >= 0.6 is 0 Å². The highest BCUT2D eigenvalue weighted by atomic mass is 32.2. The van der Waals surface area contributed by atoms with E-state index in [4.69, 9.17) is 5.73 Å². The molecule has 0 aliphatic rings. The van der Waals surface area contributed by atoms with Crippen molar-refractivity contribution in [1.82, 2.24) is 0 Å². The van der Waals surface area contributed by atoms with Gasteiger partial charge in [-0.1, -0.05) is 24.3 Å². The number of hydrogen-bond acceptors (Lipinski definition) is 11. The molecule has 0 saturated carbocycles. The molecule has 7 N–H and O–H groups in total. The summed E-state index contributed by atoms with van der Waals surface area (Å²) in [5.74, 6) is -1.60. The van der Waals surface area contributed by atoms with E-state index in [9.17, 15) is 49.1 Å². The van der Waals surface area contributed by atoms with Crippen molar-refractivity contribution >= 4 is 69.0 Å². The van der Waals surface area contributed by atoms with Gasteiger partial charge < -0.3 is 15.9 Å². The summed E-state index contributed by atoms with van der Waals surface area (Å²) in [6.45, 7) is 0. The average molecular weight is 570 g/mol. The molecule has 14 nitrogen and oxygen atoms in total. The molecule has 0 aliphatic heterocycles. The third-order valence-corrected chi connectivity index (χ3v) is 7.82. The summed E-state index contributed by atoms with van der Waals surface area (Å²) in [4.78, 5) is -2.45. The summed E-state index contributed by atoms with van der Waals surface area (Å²) in [6, 6.07) is 8.51. The number of hydrogen-bond donors (Lipinski definition) is 6. The van der Waals surface area contributed by atoms with Gasteiger partial charge in [-0.25, -0.2) is 0 Å². The Bertz CT molecular complexity index is 1990. The lowest BCUT2D eigenvalue weighted by Crippen LogP contribution is -2.02. The van der Waals surface area contributed by atoms with E-state index in [-0.39, 0.29) is 21.5 Å². The molecule has 0 aliphatic carbocycles. The maximum atomic E-state index is 12.0. The van der Waals surface area contributed by atoms with E-state index >= 15 is 0 Å². The van der Waals surface area contributed by atoms with E-state index in [1.807, 2.05) is 0 Å². The Morgan fingerprint density at radius 2 is 1.27 bits per heavy atom. The smallest absolute Gasteiger partial charge is 0.296 e. The Balaban J connectivity index is 2.04. The zero-order valence-corrected chi connectivity index (χ0v) is 20.5. The fourth-order valence-corrected chi connectivity index (χ4v) is 5.57. The van der Waals surface area contributed by atoms with E-state index in [2.05, 4.69) is 10.2 Å². The molecule has 0 radical (unpaired) electrons. The van der Waals surface area contributed by atoms with Crippen molar-refractivity contribution in [2.45, 2.75) is 14.7 Å². The molecule has 37 heavy (non-hydrogen) atoms. The van der Waals surface area contributed by atoms with Crippen molar-refractivity contribution in [2.75, 3.05) is 5.73 Å². The second-order valence-electron chi connectivity index (χ2n) is 7.60. The van der Waals surface area contributed by atoms with Gasteiger partial charge in [-0.3, -0.25) is 13.7 Å². The van der Waals surface area contributed by atoms with Crippen LogP contribution in [-0.2, 0) is 30.4 Å². The number of nitrogens with zero attached hydrogens (tertiary/aromatic N) is 2. The third kappa shape index (κ3) is 4.78. The van der Waals surface area contributed by atoms with Crippen LogP contribution in [-0.4, -0.2) is 49.1 Å². The van der Waals surface area contributed by atoms with Crippen LogP contribution in [0.5, 0.6) is 11.5 Å². The average Bonchev–Trinajstić information content (AvgIpc) is 2.77. The summed E-state index contributed by atoms with van der Waals surface area (Å²) in [5.41, 5.74) is 3.89. The van der Waals surface area contributed by atoms with Gasteiger partial charge in [-0.2, -0.15) is 25.3 Å². The first-order valence-corrected chi connectivity index (χ1v) is 14.0. The Labute approximate surface area is 208 Å². The van der Waals surface area contributed by atoms with E-state index in [1.54, 1.807) is 0 Å². The van der Waals surface area contributed by atoms with E-state index in [0.29, 0.717) is 6.07 Å². The number of benzene rings is 4. The minimum Gasteiger partial charge on any atom is -0.505 e. The third-order valence-electron chi connectivity index (χ3n) is 5.22. The normalized spacial score (nSPS) is 13.1. The fraction of sp³-hybridized carbons (Fsp3) is 0. The molecule has 194 valence electrons. The van der Waals surface area contributed by atoms with Gasteiger partial charge in [-0.15, -0.1) is 10.2 Å². The molecule has 17 heteroatoms. The maximum absolute atomic E-state index is 12.0. The molecule has 0 saturated heterocycles. The Morgan fingerprint density at radius 1 is 0.676 bits per heavy atom. The molecule has 0 aromatic heterocycles. The first-order valence-electron chi connectivity index (χ1n) is 9.68. The predicted molar refractivity (Wildman–Crippen MR) is 129 cm³/mol. The first-order chi connectivity index (χ1) is 17.0. The zero-order chi connectivity index (χ0) is 27.5. The molecule has 0 atom stereocenters. The topological polar surface area (TPSA) is 254 Å². The lowest BCUT2D eigenvalue weighted by atomic mass is 10.1. The quantitative estimate of drug-likeness (QED) is 0.115. The van der Waals surface area contributed by atoms with Gasteiger partial charge in [-0.05, 0) is 29.7 Å². The van der Waals surface area contributed by atoms with Crippen LogP contribution in [0.4, 0.5) is 17.1 Å². The number of aromatic hydroxyl groups is 2. The van der Waals surface area contributed by atoms with Gasteiger partial charge >= 0.3 is 0 Å². The Hall–Kier alpha value is -3.87. The Morgan fingerprint density at radius 3 is 1.84 bits per heavy atom. The summed E-state index contributed by atoms with van der Waals surface area (Å²) >= 11 is 0. The van der Waals surface area contributed by atoms with Crippen LogP contribution < -0.4 is 5.73 Å². The van der Waals surface area contributed by atoms with E-state index in [1.165, 1.54) is 24.3 Å². The number of rotatable bonds is 5. The maximum Gasteiger partial charge on any atom is 0.296 e. The molecule has 0 bridgehead atoms. The number of phenols is 2. The van der Waals surface area contributed by atoms with Gasteiger partial charge in [0.05, 0.1) is 4.90 Å². The van der Waals surface area contributed by atoms with Gasteiger partial charge in [0.1, 0.15) is 21.2 Å². The van der Waals surface area contributed by atoms with Crippen molar-refractivity contribution < 1.29 is 49.1 Å². The van der Waals surface area contributed by atoms with Crippen LogP contribution in [0, 0.1) is 0 Å². The van der Waals surface area contributed by atoms with Gasteiger partial charge in [0, 0.05) is 21.8 Å². The summed E-state index contributed by atoms with van der Waals surface area (Å²) in [7, 11) is -14.8. The van der Waals surface area contributed by atoms with Crippen LogP contribution in [0.2, 0.25) is 0 Å². The second-order valence-corrected chi connectivity index (χ2v) is 11.8. The molecule has 0 heterocycles. The van der Waals surface area contributed by atoms with Crippen molar-refractivity contribution in [3.8, 4) is 11.5 Å². The summed E-state index contributed by atoms with van der Waals surface area (Å²) in [6.07, 6.45) is 0. The van der Waals surface area contributed by atoms with E-state index in [0.717, 1.165) is 18.2 Å². The van der Waals surface area contributed by atoms with Crippen LogP contribution in [0.25, 0.3) is 21.5 Å². The number of azo groups is 1. The Kier molecular flexibility index (Phi) is 6.10. The monoisotopic (exact) mass is 569 g/mol. The standard InChI is InChI=1S/C20H15N3O11S3/c21-13-7-10(35(26,27)28)5-9-6-16(37(32,33)34)18(20(25)17(9)13)23-22-14-8-15(36(29,30)31)11-3-1-2-4-12(11)19(14)24/h1-8,24-25H,21H2,(H,26,27,28)(H,29,30,31)(H,32,33,34). The summed E-state index contributed by atoms with van der Waals surface area (Å²) < 4.78 is 99.4. The number of phenolic OH excluding ortho intramolecular Hbond substituents is 2. The molecule has 4 aromatic rings. The molecule has 0 unspecified atom stereocenters. The molecule has 0 fully saturated rings. The van der Waals surface area contributed by atoms with Crippen molar-refractivity contribution in [3.05, 3.63) is 48.5 Å². The molecular weight excluding hydrogens is 554 g/mol. The SMILES string of the molecule is Nc1cc(S(=O)(=O)O)cc2cc(S(=O)(=O)O)c(N=Nc3cc(S(=O)(=O)O)c4ccccc4c3O)c(O)c12. The molecule has 0 amide bonds. The predicted octanol–water partition coefficient (Wildman–Crippen LogP) is 3.14. The van der Waals surface area contributed by atoms with Gasteiger partial charge in [0.25, 0.3) is 30.4 Å². The van der Waals surface area contributed by atoms with Crippen LogP contribution in [0.3, 0.4) is 0 Å². The minimum absolute atomic E-state index is 0.0592. The largest absolute Gasteiger partial charge is 0.505 e. The highest BCUT2D eigenvalue weighted by Gasteiger charge is 2.25. The lowest BCUT2D eigenvalue weighted by molar-refractivity contribution is 0.472. The van der Waals surface area contributed by atoms with Gasteiger partial charge in [0.15, 0.2) is 11.5 Å². The summed E-state index contributed by atoms with van der Waals surface area (Å²) in [5, 5.41) is 27.7. The van der Waals surface area contributed by atoms with Crippen molar-refractivity contribution in [3.63, 3.8) is 0 Å². The number of anilines is 1. The molecule has 4 rings (SSSR count). The second kappa shape index (κ2) is 8.61. The lowest BCUT2D eigenvalue weighted by Gasteiger charge is -2.12. The van der Waals surface area contributed by atoms with E-state index < -0.39 is 73.6 Å². The van der Waals surface area contributed by atoms with Crippen LogP contribution in [0.1, 0.15) is 0 Å². The first kappa shape index (κ1) is 26.2. The van der Waals surface area contributed by atoms with Crippen molar-refractivity contribution in [2.24, 2.45) is 10.2 Å². The van der Waals surface area contributed by atoms with Crippen LogP contribution in [0.15, 0.2) is 73.4 Å². The van der Waals surface area contributed by atoms with Crippen molar-refractivity contribution in [1.29, 1.82) is 0 Å². The minimum atomic E-state index is -5.15. The number of fused-ring (bicyclic) bond motifs is 2. The fourth-order valence-electron chi connectivity index (χ4n) is 3.64. The van der Waals surface area contributed by atoms with Gasteiger partial charge in [0.2, 0.25) is 0 Å². The molecule has 0 spiro atoms. The highest BCUT2D eigenvalue weighted by Crippen LogP contribution is 2.45.